The molecule has 2 heterocycles. The number of fused-ring (bicyclic) bond motifs is 1. The van der Waals surface area contributed by atoms with E-state index in [4.69, 9.17) is 0 Å². The van der Waals surface area contributed by atoms with Gasteiger partial charge >= 0.3 is 5.69 Å². The molecule has 3 aromatic rings. The summed E-state index contributed by atoms with van der Waals surface area (Å²) in [5.41, 5.74) is 0.612. The lowest BCUT2D eigenvalue weighted by atomic mass is 10.2. The number of aromatic nitrogens is 4. The monoisotopic (exact) mass is 411 g/mol. The van der Waals surface area contributed by atoms with E-state index in [1.807, 2.05) is 44.2 Å². The van der Waals surface area contributed by atoms with Gasteiger partial charge in [0.1, 0.15) is 6.54 Å². The van der Waals surface area contributed by atoms with E-state index in [-0.39, 0.29) is 25.0 Å². The highest BCUT2D eigenvalue weighted by atomic mass is 16.2. The van der Waals surface area contributed by atoms with E-state index in [1.165, 1.54) is 4.57 Å². The molecule has 3 rings (SSSR count). The molecule has 0 spiro atoms. The molecule has 8 heteroatoms. The lowest BCUT2D eigenvalue weighted by molar-refractivity contribution is -0.122. The first-order chi connectivity index (χ1) is 14.5. The maximum absolute atomic E-state index is 13.2. The van der Waals surface area contributed by atoms with Crippen LogP contribution >= 0.6 is 0 Å². The maximum Gasteiger partial charge on any atom is 0.333 e. The first-order valence-electron chi connectivity index (χ1n) is 10.5. The number of nitrogens with zero attached hydrogens (tertiary/aromatic N) is 4. The van der Waals surface area contributed by atoms with Gasteiger partial charge < -0.3 is 9.88 Å². The molecule has 160 valence electrons. The van der Waals surface area contributed by atoms with E-state index < -0.39 is 11.2 Å². The molecule has 2 aromatic heterocycles. The van der Waals surface area contributed by atoms with Crippen molar-refractivity contribution < 1.29 is 4.79 Å². The second kappa shape index (κ2) is 9.56. The summed E-state index contributed by atoms with van der Waals surface area (Å²) in [6.45, 7) is 6.51. The lowest BCUT2D eigenvalue weighted by Gasteiger charge is -2.14. The molecule has 8 nitrogen and oxygen atoms in total. The molecule has 0 saturated heterocycles. The molecule has 1 amide bonds. The molecule has 0 aliphatic heterocycles. The molecule has 1 atom stereocenters. The minimum Gasteiger partial charge on any atom is -0.352 e. The third kappa shape index (κ3) is 4.53. The summed E-state index contributed by atoms with van der Waals surface area (Å²) in [4.78, 5) is 43.2. The Morgan fingerprint density at radius 3 is 2.53 bits per heavy atom. The average molecular weight is 412 g/mol. The number of benzene rings is 1. The number of carbonyl (C=O) groups is 1. The molecule has 1 aromatic carbocycles. The zero-order valence-corrected chi connectivity index (χ0v) is 17.8. The molecule has 1 N–H and O–H groups in total. The van der Waals surface area contributed by atoms with Crippen LogP contribution in [0.3, 0.4) is 0 Å². The summed E-state index contributed by atoms with van der Waals surface area (Å²) in [5, 5.41) is 2.82. The Labute approximate surface area is 175 Å². The smallest absolute Gasteiger partial charge is 0.333 e. The quantitative estimate of drug-likeness (QED) is 0.584. The molecule has 0 bridgehead atoms. The van der Waals surface area contributed by atoms with Gasteiger partial charge in [0.25, 0.3) is 5.56 Å². The van der Waals surface area contributed by atoms with E-state index in [0.29, 0.717) is 17.7 Å². The number of nitrogens with one attached hydrogen (secondary N) is 1. The summed E-state index contributed by atoms with van der Waals surface area (Å²) in [6, 6.07) is 9.50. The molecule has 0 aliphatic rings. The number of aryl methyl sites for hydroxylation is 1. The fourth-order valence-electron chi connectivity index (χ4n) is 3.35. The SMILES string of the molecule is CCCCn1cnc2c1c(=O)n(CC(=O)N[C@H](C)CC)c(=O)n2Cc1ccccc1. The first kappa shape index (κ1) is 21.5. The topological polar surface area (TPSA) is 90.9 Å². The van der Waals surface area contributed by atoms with Gasteiger partial charge in [0.05, 0.1) is 12.9 Å². The van der Waals surface area contributed by atoms with Crippen molar-refractivity contribution in [1.29, 1.82) is 0 Å². The second-order valence-corrected chi connectivity index (χ2v) is 7.59. The van der Waals surface area contributed by atoms with E-state index in [1.54, 1.807) is 10.9 Å². The minimum atomic E-state index is -0.531. The maximum atomic E-state index is 13.2. The van der Waals surface area contributed by atoms with Crippen molar-refractivity contribution in [2.24, 2.45) is 0 Å². The number of carbonyl (C=O) groups excluding carboxylic acids is 1. The fraction of sp³-hybridized carbons (Fsp3) is 0.455. The zero-order valence-electron chi connectivity index (χ0n) is 17.8. The molecule has 0 saturated carbocycles. The van der Waals surface area contributed by atoms with Gasteiger partial charge in [-0.05, 0) is 25.3 Å². The fourth-order valence-corrected chi connectivity index (χ4v) is 3.35. The highest BCUT2D eigenvalue weighted by Gasteiger charge is 2.20. The Morgan fingerprint density at radius 2 is 1.87 bits per heavy atom. The molecule has 0 fully saturated rings. The Balaban J connectivity index is 2.13. The standard InChI is InChI=1S/C22H29N5O3/c1-4-6-12-25-15-23-20-19(25)21(29)27(14-18(28)24-16(3)5-2)22(30)26(20)13-17-10-8-7-9-11-17/h7-11,15-16H,4-6,12-14H2,1-3H3,(H,24,28)/t16-/m1/s1. The van der Waals surface area contributed by atoms with Crippen LogP contribution in [0.4, 0.5) is 0 Å². The number of amides is 1. The highest BCUT2D eigenvalue weighted by molar-refractivity contribution is 5.77. The van der Waals surface area contributed by atoms with Crippen LogP contribution in [0.25, 0.3) is 11.2 Å². The van der Waals surface area contributed by atoms with Crippen molar-refractivity contribution in [2.45, 2.75) is 65.7 Å². The molecule has 0 unspecified atom stereocenters. The Morgan fingerprint density at radius 1 is 1.13 bits per heavy atom. The minimum absolute atomic E-state index is 0.0291. The summed E-state index contributed by atoms with van der Waals surface area (Å²) in [6.07, 6.45) is 4.22. The van der Waals surface area contributed by atoms with Crippen LogP contribution in [-0.2, 0) is 24.4 Å². The van der Waals surface area contributed by atoms with Gasteiger partial charge in [0, 0.05) is 12.6 Å². The second-order valence-electron chi connectivity index (χ2n) is 7.59. The van der Waals surface area contributed by atoms with Crippen molar-refractivity contribution in [3.8, 4) is 0 Å². The van der Waals surface area contributed by atoms with Crippen LogP contribution in [-0.4, -0.2) is 30.6 Å². The van der Waals surface area contributed by atoms with Gasteiger partial charge in [0.15, 0.2) is 11.2 Å². The van der Waals surface area contributed by atoms with E-state index >= 15 is 0 Å². The van der Waals surface area contributed by atoms with Gasteiger partial charge in [0.2, 0.25) is 5.91 Å². The summed E-state index contributed by atoms with van der Waals surface area (Å²) < 4.78 is 4.28. The molecule has 0 aliphatic carbocycles. The Hall–Kier alpha value is -3.16. The van der Waals surface area contributed by atoms with Crippen molar-refractivity contribution in [3.05, 3.63) is 63.1 Å². The third-order valence-corrected chi connectivity index (χ3v) is 5.24. The number of rotatable bonds is 9. The first-order valence-corrected chi connectivity index (χ1v) is 10.5. The summed E-state index contributed by atoms with van der Waals surface area (Å²) >= 11 is 0. The lowest BCUT2D eigenvalue weighted by Crippen LogP contribution is -2.45. The van der Waals surface area contributed by atoms with Gasteiger partial charge in [-0.2, -0.15) is 0 Å². The van der Waals surface area contributed by atoms with E-state index in [2.05, 4.69) is 17.2 Å². The number of hydrogen-bond donors (Lipinski definition) is 1. The highest BCUT2D eigenvalue weighted by Crippen LogP contribution is 2.11. The predicted octanol–water partition coefficient (Wildman–Crippen LogP) is 2.12. The van der Waals surface area contributed by atoms with Crippen molar-refractivity contribution in [3.63, 3.8) is 0 Å². The number of imidazole rings is 1. The van der Waals surface area contributed by atoms with Crippen LogP contribution in [0.5, 0.6) is 0 Å². The number of unbranched alkanes of at least 4 members (excludes halogenated alkanes) is 1. The van der Waals surface area contributed by atoms with E-state index in [9.17, 15) is 14.4 Å². The van der Waals surface area contributed by atoms with Gasteiger partial charge in [-0.3, -0.25) is 14.2 Å². The summed E-state index contributed by atoms with van der Waals surface area (Å²) in [7, 11) is 0. The normalized spacial score (nSPS) is 12.2. The van der Waals surface area contributed by atoms with Gasteiger partial charge in [-0.25, -0.2) is 14.3 Å². The van der Waals surface area contributed by atoms with Gasteiger partial charge in [-0.15, -0.1) is 0 Å². The summed E-state index contributed by atoms with van der Waals surface area (Å²) in [5.74, 6) is -0.353. The Bertz CT molecular complexity index is 1130. The average Bonchev–Trinajstić information content (AvgIpc) is 3.17. The zero-order chi connectivity index (χ0) is 21.7. The van der Waals surface area contributed by atoms with Gasteiger partial charge in [-0.1, -0.05) is 50.6 Å². The van der Waals surface area contributed by atoms with Crippen LogP contribution in [0.2, 0.25) is 0 Å². The molecular weight excluding hydrogens is 382 g/mol. The largest absolute Gasteiger partial charge is 0.352 e. The molecule has 30 heavy (non-hydrogen) atoms. The Kier molecular flexibility index (Phi) is 6.87. The van der Waals surface area contributed by atoms with Crippen LogP contribution in [0.15, 0.2) is 46.2 Å². The number of hydrogen-bond acceptors (Lipinski definition) is 4. The van der Waals surface area contributed by atoms with Crippen LogP contribution in [0, 0.1) is 0 Å². The van der Waals surface area contributed by atoms with Crippen molar-refractivity contribution in [1.82, 2.24) is 24.0 Å². The third-order valence-electron chi connectivity index (χ3n) is 5.24. The van der Waals surface area contributed by atoms with E-state index in [0.717, 1.165) is 29.4 Å². The molecular formula is C22H29N5O3. The van der Waals surface area contributed by atoms with Crippen molar-refractivity contribution >= 4 is 17.1 Å². The predicted molar refractivity (Wildman–Crippen MR) is 117 cm³/mol. The van der Waals surface area contributed by atoms with Crippen molar-refractivity contribution in [2.75, 3.05) is 0 Å². The van der Waals surface area contributed by atoms with Crippen LogP contribution in [0.1, 0.15) is 45.6 Å². The van der Waals surface area contributed by atoms with Crippen LogP contribution < -0.4 is 16.6 Å². The molecule has 0 radical (unpaired) electrons.